The highest BCUT2D eigenvalue weighted by Gasteiger charge is 2.61. The summed E-state index contributed by atoms with van der Waals surface area (Å²) in [5.74, 6) is -5.65. The van der Waals surface area contributed by atoms with Crippen LogP contribution in [0.2, 0.25) is 10.0 Å². The van der Waals surface area contributed by atoms with E-state index in [0.29, 0.717) is 5.02 Å². The van der Waals surface area contributed by atoms with Crippen LogP contribution in [0.4, 0.5) is 5.69 Å². The lowest BCUT2D eigenvalue weighted by Crippen LogP contribution is -2.36. The quantitative estimate of drug-likeness (QED) is 0.508. The Labute approximate surface area is 203 Å². The molecular formula is C24H16Cl2N2O6. The predicted molar refractivity (Wildman–Crippen MR) is 124 cm³/mol. The summed E-state index contributed by atoms with van der Waals surface area (Å²) in [6, 6.07) is 9.32. The molecule has 3 atom stereocenters. The molecule has 3 aliphatic rings. The van der Waals surface area contributed by atoms with E-state index in [0.717, 1.165) is 4.90 Å². The maximum absolute atomic E-state index is 13.6. The average molecular weight is 499 g/mol. The highest BCUT2D eigenvalue weighted by Crippen LogP contribution is 2.45. The second-order valence-corrected chi connectivity index (χ2v) is 8.76. The summed E-state index contributed by atoms with van der Waals surface area (Å²) >= 11 is 12.2. The molecule has 10 heteroatoms. The van der Waals surface area contributed by atoms with Gasteiger partial charge in [0.05, 0.1) is 40.4 Å². The van der Waals surface area contributed by atoms with E-state index in [9.17, 15) is 24.3 Å². The second kappa shape index (κ2) is 8.07. The number of halogens is 2. The van der Waals surface area contributed by atoms with Crippen LogP contribution in [-0.4, -0.2) is 47.0 Å². The number of carbonyl (C=O) groups excluding carboxylic acids is 4. The van der Waals surface area contributed by atoms with Crippen molar-refractivity contribution in [3.63, 3.8) is 0 Å². The number of carbonyl (C=O) groups is 4. The van der Waals surface area contributed by atoms with Gasteiger partial charge in [0.25, 0.3) is 0 Å². The van der Waals surface area contributed by atoms with Gasteiger partial charge >= 0.3 is 5.97 Å². The number of benzene rings is 2. The van der Waals surface area contributed by atoms with Crippen molar-refractivity contribution in [1.82, 2.24) is 0 Å². The van der Waals surface area contributed by atoms with Crippen LogP contribution < -0.4 is 4.90 Å². The van der Waals surface area contributed by atoms with Crippen LogP contribution in [0.25, 0.3) is 5.76 Å². The molecule has 172 valence electrons. The minimum absolute atomic E-state index is 0.0325. The summed E-state index contributed by atoms with van der Waals surface area (Å²) in [5, 5.41) is 11.2. The van der Waals surface area contributed by atoms with Crippen molar-refractivity contribution in [2.45, 2.75) is 13.0 Å². The Kier molecular flexibility index (Phi) is 5.30. The first-order valence-corrected chi connectivity index (χ1v) is 11.2. The zero-order valence-electron chi connectivity index (χ0n) is 17.6. The number of hydrogen-bond donors (Lipinski definition) is 1. The third-order valence-electron chi connectivity index (χ3n) is 6.09. The Morgan fingerprint density at radius 1 is 1.09 bits per heavy atom. The molecule has 5 rings (SSSR count). The van der Waals surface area contributed by atoms with Gasteiger partial charge in [-0.3, -0.25) is 19.4 Å². The van der Waals surface area contributed by atoms with Crippen LogP contribution in [0, 0.1) is 11.8 Å². The number of rotatable bonds is 4. The Bertz CT molecular complexity index is 1360. The fourth-order valence-corrected chi connectivity index (χ4v) is 5.15. The van der Waals surface area contributed by atoms with Crippen molar-refractivity contribution < 1.29 is 29.0 Å². The number of aliphatic hydroxyl groups excluding tert-OH is 1. The van der Waals surface area contributed by atoms with Gasteiger partial charge in [0, 0.05) is 16.1 Å². The molecule has 1 fully saturated rings. The van der Waals surface area contributed by atoms with E-state index in [-0.39, 0.29) is 45.5 Å². The van der Waals surface area contributed by atoms with Gasteiger partial charge in [0.1, 0.15) is 5.76 Å². The van der Waals surface area contributed by atoms with E-state index in [1.54, 1.807) is 25.1 Å². The maximum atomic E-state index is 13.6. The summed E-state index contributed by atoms with van der Waals surface area (Å²) in [6.07, 6.45) is 0. The number of fused-ring (bicyclic) bond motifs is 2. The summed E-state index contributed by atoms with van der Waals surface area (Å²) < 4.78 is 5.09. The zero-order chi connectivity index (χ0) is 24.3. The molecule has 2 aliphatic heterocycles. The lowest BCUT2D eigenvalue weighted by atomic mass is 9.85. The van der Waals surface area contributed by atoms with Crippen molar-refractivity contribution in [2.24, 2.45) is 16.8 Å². The summed E-state index contributed by atoms with van der Waals surface area (Å²) in [6.45, 7) is 1.63. The van der Waals surface area contributed by atoms with E-state index < -0.39 is 41.4 Å². The zero-order valence-corrected chi connectivity index (χ0v) is 19.1. The molecule has 0 radical (unpaired) electrons. The molecule has 0 aromatic heterocycles. The molecule has 1 aliphatic carbocycles. The first-order valence-electron chi connectivity index (χ1n) is 10.4. The Balaban J connectivity index is 1.64. The Hall–Kier alpha value is -3.49. The van der Waals surface area contributed by atoms with Gasteiger partial charge in [-0.15, -0.1) is 0 Å². The maximum Gasteiger partial charge on any atom is 0.331 e. The number of anilines is 1. The SMILES string of the molecule is CCOC(=O)[C@@H]1N=C(C2=C(O)c3ccccc3C2=O)[C@H]2C(=O)N(c3ccc(Cl)cc3Cl)C(=O)[C@H]21. The van der Waals surface area contributed by atoms with Crippen molar-refractivity contribution in [3.05, 3.63) is 69.2 Å². The number of hydrogen-bond acceptors (Lipinski definition) is 7. The van der Waals surface area contributed by atoms with Gasteiger partial charge in [-0.25, -0.2) is 9.69 Å². The number of Topliss-reactive ketones (excluding diaryl/α,β-unsaturated/α-hetero) is 1. The fraction of sp³-hybridized carbons (Fsp3) is 0.208. The van der Waals surface area contributed by atoms with Gasteiger partial charge in [-0.1, -0.05) is 47.5 Å². The highest BCUT2D eigenvalue weighted by molar-refractivity contribution is 6.44. The van der Waals surface area contributed by atoms with Gasteiger partial charge in [0.2, 0.25) is 11.8 Å². The number of aliphatic hydroxyl groups is 1. The van der Waals surface area contributed by atoms with Crippen LogP contribution >= 0.6 is 23.2 Å². The lowest BCUT2D eigenvalue weighted by molar-refractivity contribution is -0.147. The molecule has 2 aromatic rings. The van der Waals surface area contributed by atoms with Gasteiger partial charge in [0.15, 0.2) is 11.8 Å². The number of ether oxygens (including phenoxy) is 1. The molecule has 0 saturated carbocycles. The number of amides is 2. The number of ketones is 1. The largest absolute Gasteiger partial charge is 0.506 e. The minimum Gasteiger partial charge on any atom is -0.506 e. The topological polar surface area (TPSA) is 113 Å². The number of allylic oxidation sites excluding steroid dienone is 1. The monoisotopic (exact) mass is 498 g/mol. The molecule has 0 spiro atoms. The Morgan fingerprint density at radius 2 is 1.79 bits per heavy atom. The van der Waals surface area contributed by atoms with Crippen LogP contribution in [0.1, 0.15) is 22.8 Å². The van der Waals surface area contributed by atoms with E-state index >= 15 is 0 Å². The number of aliphatic imine (C=N–C) groups is 1. The van der Waals surface area contributed by atoms with Gasteiger partial charge in [-0.05, 0) is 25.1 Å². The minimum atomic E-state index is -1.36. The summed E-state index contributed by atoms with van der Waals surface area (Å²) in [4.78, 5) is 58.1. The predicted octanol–water partition coefficient (Wildman–Crippen LogP) is 3.65. The normalized spacial score (nSPS) is 23.4. The second-order valence-electron chi connectivity index (χ2n) is 7.92. The number of imide groups is 1. The molecular weight excluding hydrogens is 483 g/mol. The molecule has 2 amide bonds. The lowest BCUT2D eigenvalue weighted by Gasteiger charge is -2.19. The van der Waals surface area contributed by atoms with Gasteiger partial charge < -0.3 is 9.84 Å². The van der Waals surface area contributed by atoms with Crippen molar-refractivity contribution in [1.29, 1.82) is 0 Å². The van der Waals surface area contributed by atoms with Crippen molar-refractivity contribution in [3.8, 4) is 0 Å². The highest BCUT2D eigenvalue weighted by atomic mass is 35.5. The van der Waals surface area contributed by atoms with Crippen LogP contribution in [0.3, 0.4) is 0 Å². The molecule has 34 heavy (non-hydrogen) atoms. The molecule has 1 N–H and O–H groups in total. The molecule has 2 aromatic carbocycles. The van der Waals surface area contributed by atoms with Crippen LogP contribution in [0.15, 0.2) is 53.0 Å². The first kappa shape index (κ1) is 22.3. The summed E-state index contributed by atoms with van der Waals surface area (Å²) in [5.41, 5.74) is 0.302. The Morgan fingerprint density at radius 3 is 2.44 bits per heavy atom. The summed E-state index contributed by atoms with van der Waals surface area (Å²) in [7, 11) is 0. The van der Waals surface area contributed by atoms with E-state index in [2.05, 4.69) is 4.99 Å². The van der Waals surface area contributed by atoms with Crippen molar-refractivity contribution in [2.75, 3.05) is 11.5 Å². The van der Waals surface area contributed by atoms with E-state index in [1.807, 2.05) is 0 Å². The van der Waals surface area contributed by atoms with Gasteiger partial charge in [-0.2, -0.15) is 0 Å². The smallest absolute Gasteiger partial charge is 0.331 e. The third-order valence-corrected chi connectivity index (χ3v) is 6.63. The molecule has 8 nitrogen and oxygen atoms in total. The van der Waals surface area contributed by atoms with E-state index in [4.69, 9.17) is 27.9 Å². The molecule has 2 heterocycles. The average Bonchev–Trinajstić information content (AvgIpc) is 3.39. The van der Waals surface area contributed by atoms with Crippen molar-refractivity contribution >= 4 is 63.9 Å². The molecule has 0 bridgehead atoms. The van der Waals surface area contributed by atoms with Crippen LogP contribution in [-0.2, 0) is 19.1 Å². The number of nitrogens with zero attached hydrogens (tertiary/aromatic N) is 2. The first-order chi connectivity index (χ1) is 16.3. The molecule has 0 unspecified atom stereocenters. The number of esters is 1. The fourth-order valence-electron chi connectivity index (χ4n) is 4.66. The molecule has 1 saturated heterocycles. The van der Waals surface area contributed by atoms with E-state index in [1.165, 1.54) is 24.3 Å². The third kappa shape index (κ3) is 3.09. The standard InChI is InChI=1S/C24H16Cl2N2O6/c1-2-34-24(33)19-16-15(22(31)28(23(16)32)14-8-7-10(25)9-13(14)26)18(27-19)17-20(29)11-5-3-4-6-12(11)21(17)30/h3-9,15-16,19,29H,2H2,1H3/t15-,16+,19+/m0/s1. The van der Waals surface area contributed by atoms with Crippen LogP contribution in [0.5, 0.6) is 0 Å².